The first-order valence-electron chi connectivity index (χ1n) is 19.7. The highest BCUT2D eigenvalue weighted by atomic mass is 32.1. The number of unbranched alkanes of at least 4 members (excludes halogenated alkanes) is 6. The molecule has 0 fully saturated rings. The molecule has 3 aromatic heterocycles. The van der Waals surface area contributed by atoms with E-state index in [9.17, 15) is 19.2 Å². The van der Waals surface area contributed by atoms with Crippen molar-refractivity contribution in [3.05, 3.63) is 73.4 Å². The Balaban J connectivity index is 1.32. The van der Waals surface area contributed by atoms with Gasteiger partial charge in [-0.05, 0) is 134 Å². The van der Waals surface area contributed by atoms with Crippen LogP contribution >= 0.6 is 22.7 Å². The van der Waals surface area contributed by atoms with Gasteiger partial charge in [-0.25, -0.2) is 14.6 Å². The fraction of sp³-hybridized carbons (Fsp3) is 0.383. The number of rotatable bonds is 18. The first-order chi connectivity index (χ1) is 29.3. The molecule has 3 rings (SSSR count). The Labute approximate surface area is 361 Å². The molecule has 0 radical (unpaired) electrons. The number of hydrogen-bond acceptors (Lipinski definition) is 11. The van der Waals surface area contributed by atoms with Crippen LogP contribution in [0.25, 0.3) is 0 Å². The number of ether oxygens (including phenoxy) is 4. The molecule has 0 unspecified atom stereocenters. The van der Waals surface area contributed by atoms with Crippen molar-refractivity contribution in [1.29, 1.82) is 0 Å². The molecule has 60 heavy (non-hydrogen) atoms. The topological polar surface area (TPSA) is 142 Å². The highest BCUT2D eigenvalue weighted by Gasteiger charge is 2.08. The summed E-state index contributed by atoms with van der Waals surface area (Å²) in [5.74, 6) is 35.0. The van der Waals surface area contributed by atoms with Gasteiger partial charge in [-0.15, -0.1) is 22.7 Å². The highest BCUT2D eigenvalue weighted by Crippen LogP contribution is 2.15. The molecule has 2 amide bonds. The Morgan fingerprint density at radius 2 is 0.933 bits per heavy atom. The predicted molar refractivity (Wildman–Crippen MR) is 232 cm³/mol. The van der Waals surface area contributed by atoms with E-state index in [0.29, 0.717) is 50.3 Å². The Kier molecular flexibility index (Phi) is 24.3. The van der Waals surface area contributed by atoms with Crippen LogP contribution in [0.15, 0.2) is 42.5 Å². The first-order valence-corrected chi connectivity index (χ1v) is 21.3. The van der Waals surface area contributed by atoms with Crippen molar-refractivity contribution in [2.45, 2.75) is 78.1 Å². The third kappa shape index (κ3) is 23.0. The van der Waals surface area contributed by atoms with Crippen molar-refractivity contribution in [3.63, 3.8) is 0 Å². The smallest absolute Gasteiger partial charge is 0.407 e. The SMILES string of the molecule is CCCCOC(=O)CNC(=O)OCCCCC#CC#Cc1ccc(C#Cc2cccc(C#Cc3ccc(C#CC#CCCCCOC(=O)NCC(=O)OCCCC)s3)n2)s1. The van der Waals surface area contributed by atoms with E-state index in [1.807, 2.05) is 56.3 Å². The summed E-state index contributed by atoms with van der Waals surface area (Å²) in [6.07, 6.45) is 6.16. The van der Waals surface area contributed by atoms with E-state index in [2.05, 4.69) is 86.7 Å². The zero-order chi connectivity index (χ0) is 42.9. The standard InChI is InChI=1S/C47H47N3O8S2/c1-3-5-32-55-44(51)36-48-46(53)57-34-17-13-9-7-11-15-22-40-28-30-42(59-40)26-24-38-20-19-21-39(50-38)25-27-43-31-29-41(60-43)23-16-12-8-10-14-18-35-58-47(54)49-37-45(52)56-33-6-4-2/h19-21,28-31H,3-6,9-10,13-14,17-18,32-37H2,1-2H3,(H,48,53)(H,49,54). The number of esters is 2. The van der Waals surface area contributed by atoms with E-state index in [4.69, 9.17) is 18.9 Å². The molecule has 13 heteroatoms. The number of alkyl carbamates (subject to hydrolysis) is 2. The van der Waals surface area contributed by atoms with Crippen LogP contribution in [0.3, 0.4) is 0 Å². The molecule has 0 atom stereocenters. The average Bonchev–Trinajstić information content (AvgIpc) is 3.92. The lowest BCUT2D eigenvalue weighted by Gasteiger charge is -2.06. The van der Waals surface area contributed by atoms with Gasteiger partial charge in [0.2, 0.25) is 0 Å². The molecule has 3 heterocycles. The van der Waals surface area contributed by atoms with Gasteiger partial charge in [0.1, 0.15) is 24.5 Å². The number of hydrogen-bond donors (Lipinski definition) is 2. The molecule has 0 saturated heterocycles. The number of aromatic nitrogens is 1. The lowest BCUT2D eigenvalue weighted by atomic mass is 10.2. The Morgan fingerprint density at radius 3 is 1.37 bits per heavy atom. The third-order valence-corrected chi connectivity index (χ3v) is 9.23. The summed E-state index contributed by atoms with van der Waals surface area (Å²) in [7, 11) is 0. The van der Waals surface area contributed by atoms with Crippen molar-refractivity contribution in [3.8, 4) is 71.0 Å². The molecule has 310 valence electrons. The summed E-state index contributed by atoms with van der Waals surface area (Å²) in [6.45, 7) is 4.74. The van der Waals surface area contributed by atoms with Gasteiger partial charge in [0.15, 0.2) is 0 Å². The van der Waals surface area contributed by atoms with Gasteiger partial charge >= 0.3 is 24.1 Å². The maximum Gasteiger partial charge on any atom is 0.407 e. The molecular weight excluding hydrogens is 799 g/mol. The van der Waals surface area contributed by atoms with Crippen molar-refractivity contribution >= 4 is 46.8 Å². The molecule has 0 aliphatic heterocycles. The number of nitrogens with zero attached hydrogens (tertiary/aromatic N) is 1. The second-order valence-electron chi connectivity index (χ2n) is 12.4. The second kappa shape index (κ2) is 30.5. The molecule has 0 bridgehead atoms. The summed E-state index contributed by atoms with van der Waals surface area (Å²) >= 11 is 2.94. The summed E-state index contributed by atoms with van der Waals surface area (Å²) in [6, 6.07) is 13.2. The van der Waals surface area contributed by atoms with Crippen molar-refractivity contribution in [2.24, 2.45) is 0 Å². The molecule has 3 aromatic rings. The van der Waals surface area contributed by atoms with Crippen LogP contribution in [0.2, 0.25) is 0 Å². The number of amides is 2. The summed E-state index contributed by atoms with van der Waals surface area (Å²) in [5, 5.41) is 4.75. The van der Waals surface area contributed by atoms with E-state index >= 15 is 0 Å². The number of carbonyl (C=O) groups excluding carboxylic acids is 4. The highest BCUT2D eigenvalue weighted by molar-refractivity contribution is 7.13. The molecule has 2 N–H and O–H groups in total. The van der Waals surface area contributed by atoms with Gasteiger partial charge in [0.05, 0.1) is 45.9 Å². The zero-order valence-electron chi connectivity index (χ0n) is 33.9. The van der Waals surface area contributed by atoms with Crippen molar-refractivity contribution in [2.75, 3.05) is 39.5 Å². The number of thiophene rings is 2. The fourth-order valence-corrected chi connectivity index (χ4v) is 5.71. The lowest BCUT2D eigenvalue weighted by Crippen LogP contribution is -2.31. The van der Waals surface area contributed by atoms with Gasteiger partial charge in [-0.1, -0.05) is 44.6 Å². The average molecular weight is 846 g/mol. The molecule has 0 saturated carbocycles. The van der Waals surface area contributed by atoms with Gasteiger partial charge < -0.3 is 29.6 Å². The summed E-state index contributed by atoms with van der Waals surface area (Å²) < 4.78 is 20.0. The van der Waals surface area contributed by atoms with Crippen LogP contribution in [0.1, 0.15) is 109 Å². The Bertz CT molecular complexity index is 2100. The Hall–Kier alpha value is -6.61. The van der Waals surface area contributed by atoms with Crippen LogP contribution in [-0.2, 0) is 28.5 Å². The maximum absolute atomic E-state index is 11.7. The number of carbonyl (C=O) groups is 4. The van der Waals surface area contributed by atoms with Crippen LogP contribution in [-0.4, -0.2) is 68.6 Å². The monoisotopic (exact) mass is 845 g/mol. The zero-order valence-corrected chi connectivity index (χ0v) is 35.5. The third-order valence-electron chi connectivity index (χ3n) is 7.40. The molecule has 0 spiro atoms. The minimum absolute atomic E-state index is 0.209. The molecule has 0 aromatic carbocycles. The van der Waals surface area contributed by atoms with Gasteiger partial charge in [-0.3, -0.25) is 9.59 Å². The van der Waals surface area contributed by atoms with Crippen LogP contribution in [0.5, 0.6) is 0 Å². The number of pyridine rings is 1. The van der Waals surface area contributed by atoms with E-state index in [1.165, 1.54) is 22.7 Å². The molecule has 11 nitrogen and oxygen atoms in total. The van der Waals surface area contributed by atoms with Crippen molar-refractivity contribution in [1.82, 2.24) is 15.6 Å². The number of nitrogens with one attached hydrogen (secondary N) is 2. The Morgan fingerprint density at radius 1 is 0.517 bits per heavy atom. The second-order valence-corrected chi connectivity index (χ2v) is 14.5. The minimum Gasteiger partial charge on any atom is -0.464 e. The lowest BCUT2D eigenvalue weighted by molar-refractivity contribution is -0.143. The largest absolute Gasteiger partial charge is 0.464 e. The summed E-state index contributed by atoms with van der Waals surface area (Å²) in [5.41, 5.74) is 1.21. The van der Waals surface area contributed by atoms with Gasteiger partial charge in [0.25, 0.3) is 0 Å². The predicted octanol–water partition coefficient (Wildman–Crippen LogP) is 7.19. The molecule has 0 aliphatic carbocycles. The normalized spacial score (nSPS) is 9.37. The van der Waals surface area contributed by atoms with Crippen LogP contribution < -0.4 is 10.6 Å². The van der Waals surface area contributed by atoms with E-state index in [-0.39, 0.29) is 26.3 Å². The van der Waals surface area contributed by atoms with Crippen LogP contribution in [0, 0.1) is 71.0 Å². The van der Waals surface area contributed by atoms with Gasteiger partial charge in [-0.2, -0.15) is 0 Å². The minimum atomic E-state index is -0.647. The van der Waals surface area contributed by atoms with Gasteiger partial charge in [0, 0.05) is 12.8 Å². The maximum atomic E-state index is 11.7. The van der Waals surface area contributed by atoms with E-state index in [1.54, 1.807) is 0 Å². The molecule has 0 aliphatic rings. The fourth-order valence-electron chi connectivity index (χ4n) is 4.28. The molecular formula is C47H47N3O8S2. The first kappa shape index (κ1) is 47.8. The summed E-state index contributed by atoms with van der Waals surface area (Å²) in [4.78, 5) is 54.3. The van der Waals surface area contributed by atoms with Crippen molar-refractivity contribution < 1.29 is 38.1 Å². The quantitative estimate of drug-likeness (QED) is 0.0589. The van der Waals surface area contributed by atoms with Crippen LogP contribution in [0.4, 0.5) is 9.59 Å². The van der Waals surface area contributed by atoms with E-state index in [0.717, 1.165) is 58.0 Å². The van der Waals surface area contributed by atoms with E-state index < -0.39 is 24.1 Å².